The van der Waals surface area contributed by atoms with Crippen LogP contribution in [0, 0.1) is 0 Å². The first kappa shape index (κ1) is 18.2. The van der Waals surface area contributed by atoms with Crippen LogP contribution in [0.4, 0.5) is 4.79 Å². The highest BCUT2D eigenvalue weighted by atomic mass is 32.1. The SMILES string of the molecule is CCOC1CCN(C(=O)NCCc2nc(C(C)(C)C)cs2)CC1. The molecule has 1 fully saturated rings. The third-order valence-electron chi connectivity index (χ3n) is 4.07. The molecule has 0 radical (unpaired) electrons. The minimum atomic E-state index is 0.0348. The number of aromatic nitrogens is 1. The summed E-state index contributed by atoms with van der Waals surface area (Å²) in [5.41, 5.74) is 1.21. The van der Waals surface area contributed by atoms with Crippen molar-refractivity contribution >= 4 is 17.4 Å². The van der Waals surface area contributed by atoms with E-state index in [4.69, 9.17) is 4.74 Å². The number of hydrogen-bond acceptors (Lipinski definition) is 4. The topological polar surface area (TPSA) is 54.5 Å². The number of nitrogens with zero attached hydrogens (tertiary/aromatic N) is 2. The molecule has 23 heavy (non-hydrogen) atoms. The molecule has 1 N–H and O–H groups in total. The van der Waals surface area contributed by atoms with E-state index in [2.05, 4.69) is 36.5 Å². The summed E-state index contributed by atoms with van der Waals surface area (Å²) in [7, 11) is 0. The maximum Gasteiger partial charge on any atom is 0.317 e. The first-order valence-corrected chi connectivity index (χ1v) is 9.37. The Morgan fingerprint density at radius 2 is 2.13 bits per heavy atom. The Labute approximate surface area is 143 Å². The summed E-state index contributed by atoms with van der Waals surface area (Å²) in [6.07, 6.45) is 2.97. The van der Waals surface area contributed by atoms with Crippen LogP contribution in [0.2, 0.25) is 0 Å². The van der Waals surface area contributed by atoms with E-state index in [1.807, 2.05) is 11.8 Å². The van der Waals surface area contributed by atoms with Gasteiger partial charge in [-0.25, -0.2) is 9.78 Å². The molecule has 0 aliphatic carbocycles. The van der Waals surface area contributed by atoms with Gasteiger partial charge >= 0.3 is 6.03 Å². The lowest BCUT2D eigenvalue weighted by molar-refractivity contribution is 0.0220. The fourth-order valence-electron chi connectivity index (χ4n) is 2.62. The van der Waals surface area contributed by atoms with Gasteiger partial charge in [0.05, 0.1) is 16.8 Å². The van der Waals surface area contributed by atoms with E-state index < -0.39 is 0 Å². The van der Waals surface area contributed by atoms with Gasteiger partial charge in [0.1, 0.15) is 0 Å². The zero-order valence-corrected chi connectivity index (χ0v) is 15.5. The van der Waals surface area contributed by atoms with E-state index in [1.54, 1.807) is 11.3 Å². The molecule has 1 aromatic rings. The monoisotopic (exact) mass is 339 g/mol. The van der Waals surface area contributed by atoms with Crippen molar-refractivity contribution in [1.29, 1.82) is 0 Å². The molecule has 0 atom stereocenters. The van der Waals surface area contributed by atoms with Gasteiger partial charge in [-0.1, -0.05) is 20.8 Å². The molecule has 0 spiro atoms. The molecule has 2 amide bonds. The van der Waals surface area contributed by atoms with E-state index in [-0.39, 0.29) is 11.4 Å². The van der Waals surface area contributed by atoms with E-state index >= 15 is 0 Å². The largest absolute Gasteiger partial charge is 0.378 e. The first-order valence-electron chi connectivity index (χ1n) is 8.49. The number of likely N-dealkylation sites (tertiary alicyclic amines) is 1. The summed E-state index contributed by atoms with van der Waals surface area (Å²) in [6, 6.07) is 0.0348. The van der Waals surface area contributed by atoms with Gasteiger partial charge in [-0.05, 0) is 19.8 Å². The number of hydrogen-bond donors (Lipinski definition) is 1. The van der Waals surface area contributed by atoms with Gasteiger partial charge in [0.15, 0.2) is 0 Å². The molecule has 0 unspecified atom stereocenters. The maximum atomic E-state index is 12.2. The number of amides is 2. The fraction of sp³-hybridized carbons (Fsp3) is 0.765. The summed E-state index contributed by atoms with van der Waals surface area (Å²) in [4.78, 5) is 18.7. The van der Waals surface area contributed by atoms with Crippen molar-refractivity contribution in [3.8, 4) is 0 Å². The van der Waals surface area contributed by atoms with Gasteiger partial charge in [-0.3, -0.25) is 0 Å². The number of urea groups is 1. The lowest BCUT2D eigenvalue weighted by Gasteiger charge is -2.31. The molecule has 0 saturated carbocycles. The third kappa shape index (κ3) is 5.46. The molecular formula is C17H29N3O2S. The number of carbonyl (C=O) groups excluding carboxylic acids is 1. The second-order valence-electron chi connectivity index (χ2n) is 7.00. The Bertz CT molecular complexity index is 502. The summed E-state index contributed by atoms with van der Waals surface area (Å²) >= 11 is 1.68. The highest BCUT2D eigenvalue weighted by molar-refractivity contribution is 7.09. The van der Waals surface area contributed by atoms with E-state index in [9.17, 15) is 4.79 Å². The van der Waals surface area contributed by atoms with Crippen LogP contribution in [0.3, 0.4) is 0 Å². The Morgan fingerprint density at radius 1 is 1.43 bits per heavy atom. The molecule has 5 nitrogen and oxygen atoms in total. The Kier molecular flexibility index (Phi) is 6.41. The van der Waals surface area contributed by atoms with E-state index in [0.717, 1.165) is 49.7 Å². The van der Waals surface area contributed by atoms with E-state index in [0.29, 0.717) is 12.6 Å². The van der Waals surface area contributed by atoms with Gasteiger partial charge in [-0.2, -0.15) is 0 Å². The second-order valence-corrected chi connectivity index (χ2v) is 7.94. The average Bonchev–Trinajstić information content (AvgIpc) is 2.97. The van der Waals surface area contributed by atoms with Crippen LogP contribution in [-0.4, -0.2) is 48.3 Å². The van der Waals surface area contributed by atoms with Crippen molar-refractivity contribution in [2.45, 2.75) is 58.5 Å². The lowest BCUT2D eigenvalue weighted by Crippen LogP contribution is -2.46. The first-order chi connectivity index (χ1) is 10.9. The van der Waals surface area contributed by atoms with Crippen LogP contribution in [0.25, 0.3) is 0 Å². The number of thiazole rings is 1. The van der Waals surface area contributed by atoms with Crippen LogP contribution < -0.4 is 5.32 Å². The maximum absolute atomic E-state index is 12.2. The molecule has 2 heterocycles. The summed E-state index contributed by atoms with van der Waals surface area (Å²) in [6.45, 7) is 11.5. The van der Waals surface area contributed by atoms with Crippen molar-refractivity contribution < 1.29 is 9.53 Å². The number of piperidine rings is 1. The van der Waals surface area contributed by atoms with Crippen LogP contribution >= 0.6 is 11.3 Å². The highest BCUT2D eigenvalue weighted by Crippen LogP contribution is 2.23. The molecule has 130 valence electrons. The molecule has 0 aromatic carbocycles. The van der Waals surface area contributed by atoms with Gasteiger partial charge in [0, 0.05) is 43.5 Å². The van der Waals surface area contributed by atoms with Crippen LogP contribution in [0.5, 0.6) is 0 Å². The zero-order valence-electron chi connectivity index (χ0n) is 14.7. The van der Waals surface area contributed by atoms with Crippen molar-refractivity contribution in [2.75, 3.05) is 26.2 Å². The smallest absolute Gasteiger partial charge is 0.317 e. The van der Waals surface area contributed by atoms with Crippen molar-refractivity contribution in [3.63, 3.8) is 0 Å². The van der Waals surface area contributed by atoms with Gasteiger partial charge < -0.3 is 15.0 Å². The van der Waals surface area contributed by atoms with Crippen molar-refractivity contribution in [2.24, 2.45) is 0 Å². The molecule has 1 saturated heterocycles. The van der Waals surface area contributed by atoms with Crippen molar-refractivity contribution in [3.05, 3.63) is 16.1 Å². The predicted octanol–water partition coefficient (Wildman–Crippen LogP) is 3.19. The molecule has 2 rings (SSSR count). The molecule has 6 heteroatoms. The average molecular weight is 340 g/mol. The molecule has 0 bridgehead atoms. The van der Waals surface area contributed by atoms with Gasteiger partial charge in [0.25, 0.3) is 0 Å². The Balaban J connectivity index is 1.70. The van der Waals surface area contributed by atoms with Gasteiger partial charge in [0.2, 0.25) is 0 Å². The number of ether oxygens (including phenoxy) is 1. The fourth-order valence-corrected chi connectivity index (χ4v) is 3.64. The summed E-state index contributed by atoms with van der Waals surface area (Å²) in [5, 5.41) is 6.22. The Morgan fingerprint density at radius 3 is 2.70 bits per heavy atom. The molecule has 1 aliphatic rings. The van der Waals surface area contributed by atoms with Crippen LogP contribution in [-0.2, 0) is 16.6 Å². The highest BCUT2D eigenvalue weighted by Gasteiger charge is 2.22. The standard InChI is InChI=1S/C17H29N3O2S/c1-5-22-13-7-10-20(11-8-13)16(21)18-9-6-15-19-14(12-23-15)17(2,3)4/h12-13H,5-11H2,1-4H3,(H,18,21). The van der Waals surface area contributed by atoms with Crippen LogP contribution in [0.1, 0.15) is 51.2 Å². The van der Waals surface area contributed by atoms with Crippen LogP contribution in [0.15, 0.2) is 5.38 Å². The van der Waals surface area contributed by atoms with Crippen molar-refractivity contribution in [1.82, 2.24) is 15.2 Å². The minimum absolute atomic E-state index is 0.0348. The van der Waals surface area contributed by atoms with E-state index in [1.165, 1.54) is 0 Å². The zero-order chi connectivity index (χ0) is 16.9. The molecule has 1 aromatic heterocycles. The summed E-state index contributed by atoms with van der Waals surface area (Å²) in [5.74, 6) is 0. The normalized spacial score (nSPS) is 16.6. The minimum Gasteiger partial charge on any atom is -0.378 e. The number of carbonyl (C=O) groups is 1. The summed E-state index contributed by atoms with van der Waals surface area (Å²) < 4.78 is 5.61. The molecular weight excluding hydrogens is 310 g/mol. The third-order valence-corrected chi connectivity index (χ3v) is 4.98. The number of rotatable bonds is 5. The van der Waals surface area contributed by atoms with Gasteiger partial charge in [-0.15, -0.1) is 11.3 Å². The quantitative estimate of drug-likeness (QED) is 0.896. The number of nitrogens with one attached hydrogen (secondary N) is 1. The Hall–Kier alpha value is -1.14. The lowest BCUT2D eigenvalue weighted by atomic mass is 9.93. The second kappa shape index (κ2) is 8.11. The predicted molar refractivity (Wildman–Crippen MR) is 94.1 cm³/mol. The molecule has 1 aliphatic heterocycles.